The van der Waals surface area contributed by atoms with Crippen molar-refractivity contribution >= 4 is 5.65 Å². The molecule has 0 saturated heterocycles. The van der Waals surface area contributed by atoms with Gasteiger partial charge < -0.3 is 9.73 Å². The molecule has 1 unspecified atom stereocenters. The molecule has 0 bridgehead atoms. The first kappa shape index (κ1) is 12.9. The van der Waals surface area contributed by atoms with E-state index in [4.69, 9.17) is 4.42 Å². The molecule has 0 spiro atoms. The third kappa shape index (κ3) is 2.32. The Labute approximate surface area is 117 Å². The van der Waals surface area contributed by atoms with Gasteiger partial charge in [0.05, 0.1) is 18.2 Å². The number of aryl methyl sites for hydroxylation is 2. The SMILES string of the molecule is Cc1cc2ncc(C(C)NCc3ccoc3)c(C)n2n1. The molecule has 1 atom stereocenters. The van der Waals surface area contributed by atoms with Crippen LogP contribution in [0, 0.1) is 13.8 Å². The predicted octanol–water partition coefficient (Wildman–Crippen LogP) is 2.79. The minimum Gasteiger partial charge on any atom is -0.472 e. The van der Waals surface area contributed by atoms with E-state index in [0.717, 1.165) is 34.7 Å². The maximum Gasteiger partial charge on any atom is 0.155 e. The quantitative estimate of drug-likeness (QED) is 0.792. The van der Waals surface area contributed by atoms with Crippen LogP contribution < -0.4 is 5.32 Å². The van der Waals surface area contributed by atoms with E-state index in [0.29, 0.717) is 0 Å². The van der Waals surface area contributed by atoms with Crippen LogP contribution >= 0.6 is 0 Å². The highest BCUT2D eigenvalue weighted by molar-refractivity contribution is 5.42. The fourth-order valence-electron chi connectivity index (χ4n) is 2.38. The summed E-state index contributed by atoms with van der Waals surface area (Å²) in [5.74, 6) is 0. The van der Waals surface area contributed by atoms with E-state index in [-0.39, 0.29) is 6.04 Å². The number of hydrogen-bond acceptors (Lipinski definition) is 4. The standard InChI is InChI=1S/C15H18N4O/c1-10-6-15-17-8-14(12(3)19(15)18-10)11(2)16-7-13-4-5-20-9-13/h4-6,8-9,11,16H,7H2,1-3H3. The zero-order valence-electron chi connectivity index (χ0n) is 11.9. The molecule has 0 radical (unpaired) electrons. The van der Waals surface area contributed by atoms with Gasteiger partial charge in [-0.2, -0.15) is 5.10 Å². The first-order chi connectivity index (χ1) is 9.65. The lowest BCUT2D eigenvalue weighted by atomic mass is 10.1. The summed E-state index contributed by atoms with van der Waals surface area (Å²) in [5, 5.41) is 7.95. The van der Waals surface area contributed by atoms with Gasteiger partial charge in [-0.25, -0.2) is 9.50 Å². The maximum atomic E-state index is 5.07. The Morgan fingerprint density at radius 3 is 3.00 bits per heavy atom. The van der Waals surface area contributed by atoms with Crippen molar-refractivity contribution in [3.63, 3.8) is 0 Å². The summed E-state index contributed by atoms with van der Waals surface area (Å²) in [6.07, 6.45) is 5.37. The molecule has 1 N–H and O–H groups in total. The van der Waals surface area contributed by atoms with Gasteiger partial charge in [0.1, 0.15) is 0 Å². The van der Waals surface area contributed by atoms with Crippen molar-refractivity contribution in [1.82, 2.24) is 19.9 Å². The van der Waals surface area contributed by atoms with Gasteiger partial charge in [-0.1, -0.05) is 0 Å². The van der Waals surface area contributed by atoms with Crippen LogP contribution in [0.25, 0.3) is 5.65 Å². The highest BCUT2D eigenvalue weighted by Crippen LogP contribution is 2.18. The molecule has 104 valence electrons. The Balaban J connectivity index is 1.83. The molecule has 0 saturated carbocycles. The van der Waals surface area contributed by atoms with Gasteiger partial charge in [-0.3, -0.25) is 0 Å². The van der Waals surface area contributed by atoms with E-state index < -0.39 is 0 Å². The Morgan fingerprint density at radius 1 is 1.40 bits per heavy atom. The molecule has 0 fully saturated rings. The molecule has 3 rings (SSSR count). The third-order valence-corrected chi connectivity index (χ3v) is 3.54. The number of aromatic nitrogens is 3. The summed E-state index contributed by atoms with van der Waals surface area (Å²) in [5.41, 5.74) is 5.29. The lowest BCUT2D eigenvalue weighted by molar-refractivity contribution is 0.543. The number of rotatable bonds is 4. The third-order valence-electron chi connectivity index (χ3n) is 3.54. The first-order valence-corrected chi connectivity index (χ1v) is 6.71. The normalized spacial score (nSPS) is 12.9. The Morgan fingerprint density at radius 2 is 2.25 bits per heavy atom. The minimum absolute atomic E-state index is 0.200. The van der Waals surface area contributed by atoms with Crippen LogP contribution in [-0.2, 0) is 6.54 Å². The number of fused-ring (bicyclic) bond motifs is 1. The Kier molecular flexibility index (Phi) is 3.28. The molecule has 3 aromatic rings. The van der Waals surface area contributed by atoms with Crippen molar-refractivity contribution in [1.29, 1.82) is 0 Å². The molecule has 0 aliphatic carbocycles. The van der Waals surface area contributed by atoms with E-state index in [9.17, 15) is 0 Å². The van der Waals surface area contributed by atoms with Gasteiger partial charge in [0.2, 0.25) is 0 Å². The summed E-state index contributed by atoms with van der Waals surface area (Å²) in [4.78, 5) is 4.47. The smallest absolute Gasteiger partial charge is 0.155 e. The second-order valence-electron chi connectivity index (χ2n) is 5.09. The van der Waals surface area contributed by atoms with Gasteiger partial charge in [-0.05, 0) is 26.8 Å². The Bertz CT molecular complexity index is 715. The number of furan rings is 1. The van der Waals surface area contributed by atoms with E-state index in [1.165, 1.54) is 0 Å². The molecule has 0 aromatic carbocycles. The first-order valence-electron chi connectivity index (χ1n) is 6.71. The molecular weight excluding hydrogens is 252 g/mol. The van der Waals surface area contributed by atoms with E-state index in [2.05, 4.69) is 29.2 Å². The zero-order valence-corrected chi connectivity index (χ0v) is 11.9. The molecular formula is C15H18N4O. The fraction of sp³-hybridized carbons (Fsp3) is 0.333. The monoisotopic (exact) mass is 270 g/mol. The van der Waals surface area contributed by atoms with Crippen molar-refractivity contribution in [2.75, 3.05) is 0 Å². The van der Waals surface area contributed by atoms with Crippen molar-refractivity contribution in [2.45, 2.75) is 33.4 Å². The summed E-state index contributed by atoms with van der Waals surface area (Å²) in [6, 6.07) is 4.15. The maximum absolute atomic E-state index is 5.07. The molecule has 5 heteroatoms. The van der Waals surface area contributed by atoms with Crippen molar-refractivity contribution < 1.29 is 4.42 Å². The van der Waals surface area contributed by atoms with Gasteiger partial charge in [0.15, 0.2) is 5.65 Å². The largest absolute Gasteiger partial charge is 0.472 e. The van der Waals surface area contributed by atoms with E-state index in [1.54, 1.807) is 12.5 Å². The molecule has 5 nitrogen and oxygen atoms in total. The summed E-state index contributed by atoms with van der Waals surface area (Å²) >= 11 is 0. The molecule has 3 heterocycles. The van der Waals surface area contributed by atoms with Crippen molar-refractivity contribution in [2.24, 2.45) is 0 Å². The summed E-state index contributed by atoms with van der Waals surface area (Å²) < 4.78 is 6.97. The van der Waals surface area contributed by atoms with Gasteiger partial charge in [0, 0.05) is 41.7 Å². The van der Waals surface area contributed by atoms with Gasteiger partial charge in [0.25, 0.3) is 0 Å². The number of hydrogen-bond donors (Lipinski definition) is 1. The van der Waals surface area contributed by atoms with Crippen LogP contribution in [0.3, 0.4) is 0 Å². The van der Waals surface area contributed by atoms with Crippen LogP contribution in [-0.4, -0.2) is 14.6 Å². The highest BCUT2D eigenvalue weighted by atomic mass is 16.3. The van der Waals surface area contributed by atoms with Gasteiger partial charge in [-0.15, -0.1) is 0 Å². The molecule has 3 aromatic heterocycles. The molecule has 0 aliphatic rings. The summed E-state index contributed by atoms with van der Waals surface area (Å²) in [6.45, 7) is 6.96. The van der Waals surface area contributed by atoms with E-state index in [1.807, 2.05) is 29.8 Å². The Hall–Kier alpha value is -2.14. The lowest BCUT2D eigenvalue weighted by Crippen LogP contribution is -2.20. The highest BCUT2D eigenvalue weighted by Gasteiger charge is 2.12. The van der Waals surface area contributed by atoms with Gasteiger partial charge >= 0.3 is 0 Å². The van der Waals surface area contributed by atoms with Crippen LogP contribution in [0.5, 0.6) is 0 Å². The van der Waals surface area contributed by atoms with Crippen LogP contribution in [0.2, 0.25) is 0 Å². The fourth-order valence-corrected chi connectivity index (χ4v) is 2.38. The topological polar surface area (TPSA) is 55.4 Å². The van der Waals surface area contributed by atoms with Crippen LogP contribution in [0.4, 0.5) is 0 Å². The molecule has 0 amide bonds. The summed E-state index contributed by atoms with van der Waals surface area (Å²) in [7, 11) is 0. The number of nitrogens with zero attached hydrogens (tertiary/aromatic N) is 3. The van der Waals surface area contributed by atoms with Crippen molar-refractivity contribution in [3.05, 3.63) is 53.4 Å². The number of nitrogens with one attached hydrogen (secondary N) is 1. The minimum atomic E-state index is 0.200. The zero-order chi connectivity index (χ0) is 14.1. The van der Waals surface area contributed by atoms with Crippen molar-refractivity contribution in [3.8, 4) is 0 Å². The molecule has 0 aliphatic heterocycles. The predicted molar refractivity (Wildman–Crippen MR) is 76.4 cm³/mol. The lowest BCUT2D eigenvalue weighted by Gasteiger charge is -2.16. The second kappa shape index (κ2) is 5.09. The van der Waals surface area contributed by atoms with Crippen LogP contribution in [0.15, 0.2) is 35.3 Å². The van der Waals surface area contributed by atoms with Crippen LogP contribution in [0.1, 0.15) is 35.5 Å². The average Bonchev–Trinajstić information content (AvgIpc) is 3.05. The average molecular weight is 270 g/mol. The van der Waals surface area contributed by atoms with E-state index >= 15 is 0 Å². The second-order valence-corrected chi connectivity index (χ2v) is 5.09. The molecule has 20 heavy (non-hydrogen) atoms.